The van der Waals surface area contributed by atoms with Crippen LogP contribution in [-0.2, 0) is 14.0 Å². The minimum Gasteiger partial charge on any atom is -0.402 e. The first-order chi connectivity index (χ1) is 8.09. The van der Waals surface area contributed by atoms with Gasteiger partial charge in [-0.3, -0.25) is 0 Å². The molecule has 0 aromatic heterocycles. The molecule has 2 aliphatic rings. The molecule has 2 atom stereocenters. The predicted molar refractivity (Wildman–Crippen MR) is 68.7 cm³/mol. The molecule has 0 N–H and O–H groups in total. The van der Waals surface area contributed by atoms with Crippen LogP contribution in [-0.4, -0.2) is 32.5 Å². The van der Waals surface area contributed by atoms with Gasteiger partial charge in [0.2, 0.25) is 0 Å². The van der Waals surface area contributed by atoms with Crippen LogP contribution in [0.25, 0.3) is 0 Å². The van der Waals surface area contributed by atoms with Crippen LogP contribution >= 0.6 is 0 Å². The SMILES string of the molecule is CC(C)C1OB(C2=CCOCC2)OC1C(C)C. The lowest BCUT2D eigenvalue weighted by Gasteiger charge is -2.24. The third-order valence-electron chi connectivity index (χ3n) is 3.50. The van der Waals surface area contributed by atoms with E-state index in [4.69, 9.17) is 14.0 Å². The molecule has 1 saturated heterocycles. The van der Waals surface area contributed by atoms with Gasteiger partial charge >= 0.3 is 7.12 Å². The summed E-state index contributed by atoms with van der Waals surface area (Å²) in [4.78, 5) is 0. The Hall–Kier alpha value is -0.315. The van der Waals surface area contributed by atoms with Crippen LogP contribution in [0.4, 0.5) is 0 Å². The van der Waals surface area contributed by atoms with Gasteiger partial charge in [-0.1, -0.05) is 33.8 Å². The maximum Gasteiger partial charge on any atom is 0.490 e. The average molecular weight is 238 g/mol. The summed E-state index contributed by atoms with van der Waals surface area (Å²) >= 11 is 0. The van der Waals surface area contributed by atoms with Crippen molar-refractivity contribution in [3.8, 4) is 0 Å². The number of rotatable bonds is 3. The van der Waals surface area contributed by atoms with Crippen LogP contribution in [0.2, 0.25) is 0 Å². The van der Waals surface area contributed by atoms with Crippen LogP contribution < -0.4 is 0 Å². The summed E-state index contributed by atoms with van der Waals surface area (Å²) in [5.41, 5.74) is 1.25. The highest BCUT2D eigenvalue weighted by molar-refractivity contribution is 6.54. The Labute approximate surface area is 105 Å². The molecule has 4 heteroatoms. The van der Waals surface area contributed by atoms with Gasteiger partial charge in [-0.05, 0) is 23.7 Å². The summed E-state index contributed by atoms with van der Waals surface area (Å²) in [5.74, 6) is 0.987. The molecule has 0 aromatic carbocycles. The highest BCUT2D eigenvalue weighted by Gasteiger charge is 2.44. The zero-order valence-corrected chi connectivity index (χ0v) is 11.3. The molecule has 17 heavy (non-hydrogen) atoms. The van der Waals surface area contributed by atoms with Crippen molar-refractivity contribution in [3.05, 3.63) is 11.5 Å². The second-order valence-corrected chi connectivity index (χ2v) is 5.63. The standard InChI is InChI=1S/C13H23BO3/c1-9(2)12-13(10(3)4)17-14(16-12)11-5-7-15-8-6-11/h5,9-10,12-13H,6-8H2,1-4H3. The highest BCUT2D eigenvalue weighted by Crippen LogP contribution is 2.31. The van der Waals surface area contributed by atoms with E-state index in [2.05, 4.69) is 33.8 Å². The van der Waals surface area contributed by atoms with E-state index in [0.717, 1.165) is 13.0 Å². The van der Waals surface area contributed by atoms with Crippen molar-refractivity contribution >= 4 is 7.12 Å². The largest absolute Gasteiger partial charge is 0.490 e. The van der Waals surface area contributed by atoms with E-state index in [1.54, 1.807) is 0 Å². The van der Waals surface area contributed by atoms with E-state index in [1.807, 2.05) is 0 Å². The topological polar surface area (TPSA) is 27.7 Å². The molecule has 0 bridgehead atoms. The lowest BCUT2D eigenvalue weighted by atomic mass is 9.75. The van der Waals surface area contributed by atoms with Gasteiger partial charge in [0.05, 0.1) is 25.4 Å². The fourth-order valence-corrected chi connectivity index (χ4v) is 2.48. The smallest absolute Gasteiger partial charge is 0.402 e. The molecule has 0 radical (unpaired) electrons. The Balaban J connectivity index is 2.05. The van der Waals surface area contributed by atoms with E-state index >= 15 is 0 Å². The molecule has 2 aliphatic heterocycles. The van der Waals surface area contributed by atoms with Crippen molar-refractivity contribution in [3.63, 3.8) is 0 Å². The number of ether oxygens (including phenoxy) is 1. The van der Waals surface area contributed by atoms with Gasteiger partial charge < -0.3 is 14.0 Å². The Morgan fingerprint density at radius 2 is 1.71 bits per heavy atom. The molecule has 2 heterocycles. The first kappa shape index (κ1) is 13.1. The molecule has 0 spiro atoms. The van der Waals surface area contributed by atoms with Crippen molar-refractivity contribution in [2.24, 2.45) is 11.8 Å². The third-order valence-corrected chi connectivity index (χ3v) is 3.50. The second kappa shape index (κ2) is 5.55. The Morgan fingerprint density at radius 1 is 1.12 bits per heavy atom. The second-order valence-electron chi connectivity index (χ2n) is 5.63. The van der Waals surface area contributed by atoms with Crippen LogP contribution in [0, 0.1) is 11.8 Å². The van der Waals surface area contributed by atoms with Gasteiger partial charge in [0.25, 0.3) is 0 Å². The van der Waals surface area contributed by atoms with E-state index < -0.39 is 0 Å². The van der Waals surface area contributed by atoms with Crippen LogP contribution in [0.5, 0.6) is 0 Å². The van der Waals surface area contributed by atoms with Gasteiger partial charge in [-0.15, -0.1) is 0 Å². The van der Waals surface area contributed by atoms with Crippen LogP contribution in [0.3, 0.4) is 0 Å². The van der Waals surface area contributed by atoms with Crippen molar-refractivity contribution in [1.82, 2.24) is 0 Å². The summed E-state index contributed by atoms with van der Waals surface area (Å²) in [6.07, 6.45) is 3.46. The third kappa shape index (κ3) is 2.93. The Bertz CT molecular complexity index is 272. The summed E-state index contributed by atoms with van der Waals surface area (Å²) in [7, 11) is -0.140. The molecule has 0 saturated carbocycles. The van der Waals surface area contributed by atoms with E-state index in [0.29, 0.717) is 18.4 Å². The van der Waals surface area contributed by atoms with Crippen molar-refractivity contribution in [2.75, 3.05) is 13.2 Å². The molecule has 2 unspecified atom stereocenters. The maximum atomic E-state index is 6.09. The van der Waals surface area contributed by atoms with Gasteiger partial charge in [0, 0.05) is 0 Å². The molecule has 1 fully saturated rings. The fraction of sp³-hybridized carbons (Fsp3) is 0.846. The number of hydrogen-bond acceptors (Lipinski definition) is 3. The van der Waals surface area contributed by atoms with Crippen molar-refractivity contribution < 1.29 is 14.0 Å². The molecule has 2 rings (SSSR count). The minimum atomic E-state index is -0.140. The molecule has 0 aromatic rings. The lowest BCUT2D eigenvalue weighted by molar-refractivity contribution is 0.0815. The zero-order chi connectivity index (χ0) is 12.4. The quantitative estimate of drug-likeness (QED) is 0.707. The average Bonchev–Trinajstić information content (AvgIpc) is 2.75. The zero-order valence-electron chi connectivity index (χ0n) is 11.3. The van der Waals surface area contributed by atoms with Crippen LogP contribution in [0.15, 0.2) is 11.5 Å². The monoisotopic (exact) mass is 238 g/mol. The van der Waals surface area contributed by atoms with Crippen molar-refractivity contribution in [2.45, 2.75) is 46.3 Å². The summed E-state index contributed by atoms with van der Waals surface area (Å²) in [6.45, 7) is 10.3. The highest BCUT2D eigenvalue weighted by atomic mass is 16.7. The number of hydrogen-bond donors (Lipinski definition) is 0. The molecular weight excluding hydrogens is 215 g/mol. The summed E-state index contributed by atoms with van der Waals surface area (Å²) in [5, 5.41) is 0. The minimum absolute atomic E-state index is 0.140. The molecule has 0 aliphatic carbocycles. The predicted octanol–water partition coefficient (Wildman–Crippen LogP) is 2.46. The van der Waals surface area contributed by atoms with Gasteiger partial charge in [0.15, 0.2) is 0 Å². The molecule has 3 nitrogen and oxygen atoms in total. The lowest BCUT2D eigenvalue weighted by Crippen LogP contribution is -2.31. The summed E-state index contributed by atoms with van der Waals surface area (Å²) < 4.78 is 17.5. The van der Waals surface area contributed by atoms with Crippen LogP contribution in [0.1, 0.15) is 34.1 Å². The Morgan fingerprint density at radius 3 is 2.12 bits per heavy atom. The fourth-order valence-electron chi connectivity index (χ4n) is 2.48. The van der Waals surface area contributed by atoms with E-state index in [9.17, 15) is 0 Å². The maximum absolute atomic E-state index is 6.09. The van der Waals surface area contributed by atoms with Gasteiger partial charge in [0.1, 0.15) is 0 Å². The normalized spacial score (nSPS) is 30.2. The van der Waals surface area contributed by atoms with E-state index in [-0.39, 0.29) is 19.3 Å². The summed E-state index contributed by atoms with van der Waals surface area (Å²) in [6, 6.07) is 0. The molecule has 0 amide bonds. The van der Waals surface area contributed by atoms with Gasteiger partial charge in [-0.25, -0.2) is 0 Å². The molecular formula is C13H23BO3. The van der Waals surface area contributed by atoms with Gasteiger partial charge in [-0.2, -0.15) is 0 Å². The van der Waals surface area contributed by atoms with Crippen molar-refractivity contribution in [1.29, 1.82) is 0 Å². The molecule has 96 valence electrons. The first-order valence-electron chi connectivity index (χ1n) is 6.67. The van der Waals surface area contributed by atoms with E-state index in [1.165, 1.54) is 5.47 Å². The Kier molecular flexibility index (Phi) is 4.29. The first-order valence-corrected chi connectivity index (χ1v) is 6.67.